The van der Waals surface area contributed by atoms with E-state index in [2.05, 4.69) is 15.4 Å². The Hall–Kier alpha value is -2.77. The van der Waals surface area contributed by atoms with Crippen LogP contribution in [0.3, 0.4) is 0 Å². The Kier molecular flexibility index (Phi) is 4.31. The van der Waals surface area contributed by atoms with Gasteiger partial charge in [-0.15, -0.1) is 0 Å². The van der Waals surface area contributed by atoms with Crippen LogP contribution in [0, 0.1) is 0 Å². The first kappa shape index (κ1) is 15.1. The molecule has 0 aromatic carbocycles. The minimum absolute atomic E-state index is 0.114. The van der Waals surface area contributed by atoms with Gasteiger partial charge in [0.25, 0.3) is 11.1 Å². The van der Waals surface area contributed by atoms with E-state index in [0.717, 1.165) is 23.2 Å². The number of hydrogen-bond acceptors (Lipinski definition) is 5. The van der Waals surface area contributed by atoms with Crippen LogP contribution in [-0.2, 0) is 17.9 Å². The van der Waals surface area contributed by atoms with Crippen molar-refractivity contribution in [1.29, 1.82) is 0 Å². The van der Waals surface area contributed by atoms with Gasteiger partial charge in [-0.25, -0.2) is 9.67 Å². The summed E-state index contributed by atoms with van der Waals surface area (Å²) in [5.41, 5.74) is 0.403. The average molecular weight is 315 g/mol. The highest BCUT2D eigenvalue weighted by molar-refractivity contribution is 5.75. The van der Waals surface area contributed by atoms with Crippen molar-refractivity contribution < 1.29 is 4.79 Å². The zero-order valence-electron chi connectivity index (χ0n) is 12.5. The quantitative estimate of drug-likeness (QED) is 0.774. The van der Waals surface area contributed by atoms with Gasteiger partial charge in [-0.1, -0.05) is 0 Å². The molecule has 1 fully saturated rings. The van der Waals surface area contributed by atoms with Gasteiger partial charge in [-0.2, -0.15) is 5.10 Å². The van der Waals surface area contributed by atoms with E-state index in [0.29, 0.717) is 12.5 Å². The van der Waals surface area contributed by atoms with E-state index >= 15 is 0 Å². The molecule has 0 unspecified atom stereocenters. The van der Waals surface area contributed by atoms with Crippen LogP contribution in [0.15, 0.2) is 40.3 Å². The molecule has 0 saturated heterocycles. The van der Waals surface area contributed by atoms with Gasteiger partial charge in [0, 0.05) is 37.3 Å². The van der Waals surface area contributed by atoms with Crippen LogP contribution in [-0.4, -0.2) is 31.8 Å². The zero-order valence-corrected chi connectivity index (χ0v) is 12.5. The van der Waals surface area contributed by atoms with Crippen LogP contribution in [0.4, 0.5) is 0 Å². The fraction of sp³-hybridized carbons (Fsp3) is 0.400. The maximum Gasteiger partial charge on any atom is 0.267 e. The minimum atomic E-state index is -0.335. The van der Waals surface area contributed by atoms with Crippen molar-refractivity contribution in [3.8, 4) is 0 Å². The van der Waals surface area contributed by atoms with Crippen LogP contribution in [0.25, 0.3) is 0 Å². The smallest absolute Gasteiger partial charge is 0.267 e. The fourth-order valence-corrected chi connectivity index (χ4v) is 2.22. The molecule has 3 rings (SSSR count). The summed E-state index contributed by atoms with van der Waals surface area (Å²) in [5, 5.41) is 6.47. The van der Waals surface area contributed by atoms with Crippen molar-refractivity contribution in [3.63, 3.8) is 0 Å². The molecule has 1 aliphatic rings. The number of rotatable bonds is 6. The van der Waals surface area contributed by atoms with Crippen LogP contribution in [0.5, 0.6) is 0 Å². The number of hydrogen-bond donors (Lipinski definition) is 1. The molecule has 1 amide bonds. The van der Waals surface area contributed by atoms with Crippen LogP contribution in [0.1, 0.15) is 24.5 Å². The molecule has 8 heteroatoms. The van der Waals surface area contributed by atoms with Gasteiger partial charge >= 0.3 is 0 Å². The van der Waals surface area contributed by atoms with Crippen molar-refractivity contribution in [1.82, 2.24) is 24.6 Å². The van der Waals surface area contributed by atoms with Crippen molar-refractivity contribution in [3.05, 3.63) is 57.1 Å². The second kappa shape index (κ2) is 6.55. The van der Waals surface area contributed by atoms with E-state index in [1.54, 1.807) is 6.07 Å². The number of nitrogens with zero attached hydrogens (tertiary/aromatic N) is 4. The monoisotopic (exact) mass is 315 g/mol. The number of carbonyl (C=O) groups excluding carboxylic acids is 1. The molecule has 0 spiro atoms. The van der Waals surface area contributed by atoms with E-state index < -0.39 is 0 Å². The lowest BCUT2D eigenvalue weighted by molar-refractivity contribution is -0.121. The Labute approximate surface area is 131 Å². The molecule has 0 bridgehead atoms. The van der Waals surface area contributed by atoms with Gasteiger partial charge in [0.15, 0.2) is 0 Å². The molecule has 0 atom stereocenters. The maximum absolute atomic E-state index is 11.9. The Morgan fingerprint density at radius 2 is 2.13 bits per heavy atom. The molecule has 0 aliphatic heterocycles. The molecule has 23 heavy (non-hydrogen) atoms. The Bertz CT molecular complexity index is 822. The zero-order chi connectivity index (χ0) is 16.2. The molecule has 2 aromatic heterocycles. The normalized spacial score (nSPS) is 13.7. The minimum Gasteiger partial charge on any atom is -0.353 e. The van der Waals surface area contributed by atoms with Crippen molar-refractivity contribution in [2.45, 2.75) is 31.8 Å². The third-order valence-electron chi connectivity index (χ3n) is 3.65. The first-order valence-electron chi connectivity index (χ1n) is 7.49. The standard InChI is InChI=1S/C15H17N5O3/c21-13(9-20-14(22)2-1-5-18-20)16-6-7-19-10-17-12(8-15(19)23)11-3-4-11/h1-2,5,8,10-11H,3-4,6-7,9H2,(H,16,21). The molecule has 1 saturated carbocycles. The largest absolute Gasteiger partial charge is 0.353 e. The predicted octanol–water partition coefficient (Wildman–Crippen LogP) is -0.506. The van der Waals surface area contributed by atoms with E-state index in [1.165, 1.54) is 29.2 Å². The first-order valence-corrected chi connectivity index (χ1v) is 7.49. The number of carbonyl (C=O) groups is 1. The van der Waals surface area contributed by atoms with Crippen LogP contribution in [0.2, 0.25) is 0 Å². The third-order valence-corrected chi connectivity index (χ3v) is 3.65. The molecule has 0 radical (unpaired) electrons. The summed E-state index contributed by atoms with van der Waals surface area (Å²) in [7, 11) is 0. The Morgan fingerprint density at radius 1 is 1.30 bits per heavy atom. The maximum atomic E-state index is 11.9. The van der Waals surface area contributed by atoms with E-state index in [1.807, 2.05) is 0 Å². The van der Waals surface area contributed by atoms with Crippen LogP contribution < -0.4 is 16.4 Å². The third kappa shape index (κ3) is 3.91. The molecule has 8 nitrogen and oxygen atoms in total. The predicted molar refractivity (Wildman–Crippen MR) is 82.0 cm³/mol. The summed E-state index contributed by atoms with van der Waals surface area (Å²) in [4.78, 5) is 39.4. The average Bonchev–Trinajstić information content (AvgIpc) is 3.36. The van der Waals surface area contributed by atoms with Gasteiger partial charge in [0.05, 0.1) is 12.0 Å². The van der Waals surface area contributed by atoms with Crippen LogP contribution >= 0.6 is 0 Å². The van der Waals surface area contributed by atoms with Crippen molar-refractivity contribution >= 4 is 5.91 Å². The van der Waals surface area contributed by atoms with E-state index in [4.69, 9.17) is 0 Å². The summed E-state index contributed by atoms with van der Waals surface area (Å²) >= 11 is 0. The summed E-state index contributed by atoms with van der Waals surface area (Å²) in [6, 6.07) is 4.42. The fourth-order valence-electron chi connectivity index (χ4n) is 2.22. The molecule has 1 aliphatic carbocycles. The lowest BCUT2D eigenvalue weighted by atomic mass is 10.3. The van der Waals surface area contributed by atoms with Gasteiger partial charge in [-0.05, 0) is 18.9 Å². The summed E-state index contributed by atoms with van der Waals surface area (Å²) in [6.07, 6.45) is 5.16. The SMILES string of the molecule is O=C(Cn1ncccc1=O)NCCn1cnc(C2CC2)cc1=O. The highest BCUT2D eigenvalue weighted by Gasteiger charge is 2.25. The van der Waals surface area contributed by atoms with Gasteiger partial charge in [0.1, 0.15) is 6.54 Å². The molecule has 2 heterocycles. The Morgan fingerprint density at radius 3 is 2.83 bits per heavy atom. The highest BCUT2D eigenvalue weighted by atomic mass is 16.2. The molecular weight excluding hydrogens is 298 g/mol. The molecule has 1 N–H and O–H groups in total. The lowest BCUT2D eigenvalue weighted by Gasteiger charge is -2.08. The summed E-state index contributed by atoms with van der Waals surface area (Å²) < 4.78 is 2.53. The second-order valence-corrected chi connectivity index (χ2v) is 5.49. The van der Waals surface area contributed by atoms with E-state index in [9.17, 15) is 14.4 Å². The van der Waals surface area contributed by atoms with E-state index in [-0.39, 0.29) is 30.1 Å². The van der Waals surface area contributed by atoms with Gasteiger partial charge in [-0.3, -0.25) is 19.0 Å². The topological polar surface area (TPSA) is 98.9 Å². The summed E-state index contributed by atoms with van der Waals surface area (Å²) in [5.74, 6) is 0.107. The number of nitrogens with one attached hydrogen (secondary N) is 1. The van der Waals surface area contributed by atoms with Gasteiger partial charge in [0.2, 0.25) is 5.91 Å². The number of amides is 1. The Balaban J connectivity index is 1.51. The lowest BCUT2D eigenvalue weighted by Crippen LogP contribution is -2.36. The van der Waals surface area contributed by atoms with Crippen molar-refractivity contribution in [2.24, 2.45) is 0 Å². The van der Waals surface area contributed by atoms with Crippen molar-refractivity contribution in [2.75, 3.05) is 6.54 Å². The second-order valence-electron chi connectivity index (χ2n) is 5.49. The summed E-state index contributed by atoms with van der Waals surface area (Å²) in [6.45, 7) is 0.470. The molecule has 2 aromatic rings. The number of aromatic nitrogens is 4. The molecular formula is C15H17N5O3. The highest BCUT2D eigenvalue weighted by Crippen LogP contribution is 2.38. The van der Waals surface area contributed by atoms with Gasteiger partial charge < -0.3 is 5.32 Å². The molecule has 120 valence electrons. The first-order chi connectivity index (χ1) is 11.1.